The number of thiazole rings is 1. The van der Waals surface area contributed by atoms with Gasteiger partial charge in [-0.25, -0.2) is 9.97 Å². The van der Waals surface area contributed by atoms with Crippen molar-refractivity contribution in [2.75, 3.05) is 18.1 Å². The lowest BCUT2D eigenvalue weighted by atomic mass is 10.0. The van der Waals surface area contributed by atoms with E-state index in [1.54, 1.807) is 6.08 Å². The number of hydrogen-bond donors (Lipinski definition) is 0. The van der Waals surface area contributed by atoms with Gasteiger partial charge in [0, 0.05) is 17.6 Å². The van der Waals surface area contributed by atoms with Crippen LogP contribution in [0, 0.1) is 0 Å². The third kappa shape index (κ3) is 4.82. The molecule has 0 fully saturated rings. The third-order valence-corrected chi connectivity index (χ3v) is 5.50. The molecule has 2 heterocycles. The number of carbonyl (C=O) groups is 1. The van der Waals surface area contributed by atoms with Gasteiger partial charge >= 0.3 is 6.18 Å². The number of rotatable bonds is 6. The molecule has 0 bridgehead atoms. The van der Waals surface area contributed by atoms with Gasteiger partial charge in [-0.05, 0) is 31.7 Å². The van der Waals surface area contributed by atoms with Crippen molar-refractivity contribution in [1.82, 2.24) is 9.97 Å². The third-order valence-electron chi connectivity index (χ3n) is 4.05. The van der Waals surface area contributed by atoms with E-state index in [1.165, 1.54) is 27.2 Å². The summed E-state index contributed by atoms with van der Waals surface area (Å²) in [4.78, 5) is 23.9. The number of ether oxygens (including phenoxy) is 1. The molecular weight excluding hydrogens is 415 g/mol. The average molecular weight is 432 g/mol. The summed E-state index contributed by atoms with van der Waals surface area (Å²) in [5.74, 6) is -0.793. The molecule has 0 aliphatic heterocycles. The van der Waals surface area contributed by atoms with E-state index in [1.807, 2.05) is 0 Å². The molecular formula is C18H17ClF3N3O2S. The first kappa shape index (κ1) is 20.6. The van der Waals surface area contributed by atoms with Crippen molar-refractivity contribution in [3.63, 3.8) is 0 Å². The average Bonchev–Trinajstić information content (AvgIpc) is 3.07. The van der Waals surface area contributed by atoms with E-state index < -0.39 is 18.7 Å². The molecule has 0 spiro atoms. The Morgan fingerprint density at radius 2 is 2.14 bits per heavy atom. The lowest BCUT2D eigenvalue weighted by Crippen LogP contribution is -2.31. The largest absolute Gasteiger partial charge is 0.467 e. The van der Waals surface area contributed by atoms with Gasteiger partial charge in [0.05, 0.1) is 11.3 Å². The van der Waals surface area contributed by atoms with Crippen LogP contribution in [0.2, 0.25) is 5.02 Å². The van der Waals surface area contributed by atoms with E-state index in [0.29, 0.717) is 5.13 Å². The van der Waals surface area contributed by atoms with Crippen molar-refractivity contribution in [1.29, 1.82) is 0 Å². The van der Waals surface area contributed by atoms with Gasteiger partial charge < -0.3 is 4.74 Å². The number of anilines is 1. The van der Waals surface area contributed by atoms with Gasteiger partial charge in [0.15, 0.2) is 11.7 Å². The monoisotopic (exact) mass is 431 g/mol. The molecule has 28 heavy (non-hydrogen) atoms. The zero-order valence-corrected chi connectivity index (χ0v) is 16.3. The Labute approximate surface area is 168 Å². The number of pyridine rings is 1. The van der Waals surface area contributed by atoms with Gasteiger partial charge in [0.1, 0.15) is 5.02 Å². The summed E-state index contributed by atoms with van der Waals surface area (Å²) in [5.41, 5.74) is 1.14. The first-order valence-corrected chi connectivity index (χ1v) is 9.74. The maximum atomic E-state index is 13.0. The molecule has 1 aliphatic carbocycles. The van der Waals surface area contributed by atoms with Crippen molar-refractivity contribution in [2.24, 2.45) is 0 Å². The second-order valence-corrected chi connectivity index (χ2v) is 7.66. The second kappa shape index (κ2) is 8.48. The second-order valence-electron chi connectivity index (χ2n) is 6.19. The van der Waals surface area contributed by atoms with Crippen molar-refractivity contribution < 1.29 is 22.7 Å². The van der Waals surface area contributed by atoms with Gasteiger partial charge in [0.25, 0.3) is 5.91 Å². The first-order chi connectivity index (χ1) is 13.3. The number of alkyl halides is 3. The molecule has 3 rings (SSSR count). The Hall–Kier alpha value is -2.13. The van der Waals surface area contributed by atoms with E-state index >= 15 is 0 Å². The predicted octanol–water partition coefficient (Wildman–Crippen LogP) is 4.84. The van der Waals surface area contributed by atoms with Crippen LogP contribution in [0.3, 0.4) is 0 Å². The highest BCUT2D eigenvalue weighted by Crippen LogP contribution is 2.33. The molecule has 0 saturated carbocycles. The van der Waals surface area contributed by atoms with Crippen LogP contribution in [0.25, 0.3) is 0 Å². The van der Waals surface area contributed by atoms with E-state index in [9.17, 15) is 18.0 Å². The Morgan fingerprint density at radius 1 is 1.39 bits per heavy atom. The fourth-order valence-corrected chi connectivity index (χ4v) is 4.16. The molecule has 5 nitrogen and oxygen atoms in total. The van der Waals surface area contributed by atoms with Crippen molar-refractivity contribution >= 4 is 34.0 Å². The summed E-state index contributed by atoms with van der Waals surface area (Å²) in [6, 6.07) is 1.24. The molecule has 150 valence electrons. The normalized spacial score (nSPS) is 13.7. The van der Waals surface area contributed by atoms with E-state index in [0.717, 1.165) is 37.6 Å². The van der Waals surface area contributed by atoms with E-state index in [4.69, 9.17) is 11.6 Å². The smallest absolute Gasteiger partial charge is 0.422 e. The summed E-state index contributed by atoms with van der Waals surface area (Å²) >= 11 is 7.42. The van der Waals surface area contributed by atoms with Crippen LogP contribution in [0.4, 0.5) is 18.3 Å². The van der Waals surface area contributed by atoms with Gasteiger partial charge in [-0.3, -0.25) is 9.69 Å². The van der Waals surface area contributed by atoms with Crippen LogP contribution in [0.1, 0.15) is 33.8 Å². The standard InChI is InChI=1S/C18H17ClF3N3O2S/c1-2-7-25(17-24-13-5-3-4-6-14(13)28-17)16(26)11-8-12(19)15(23-9-11)27-10-18(20,21)22/h2,8-9H,1,3-7,10H2. The number of amides is 1. The summed E-state index contributed by atoms with van der Waals surface area (Å²) < 4.78 is 41.4. The highest BCUT2D eigenvalue weighted by molar-refractivity contribution is 7.16. The van der Waals surface area contributed by atoms with Crippen LogP contribution in [-0.2, 0) is 12.8 Å². The van der Waals surface area contributed by atoms with Crippen LogP contribution in [0.15, 0.2) is 24.9 Å². The Balaban J connectivity index is 1.82. The summed E-state index contributed by atoms with van der Waals surface area (Å²) in [6.07, 6.45) is 2.22. The van der Waals surface area contributed by atoms with Gasteiger partial charge in [0.2, 0.25) is 5.88 Å². The molecule has 0 N–H and O–H groups in total. The van der Waals surface area contributed by atoms with Gasteiger partial charge in [-0.2, -0.15) is 13.2 Å². The number of nitrogens with zero attached hydrogens (tertiary/aromatic N) is 3. The SMILES string of the molecule is C=CCN(C(=O)c1cnc(OCC(F)(F)F)c(Cl)c1)c1nc2c(s1)CCCC2. The van der Waals surface area contributed by atoms with E-state index in [-0.39, 0.29) is 23.0 Å². The number of halogens is 4. The molecule has 0 radical (unpaired) electrons. The zero-order chi connectivity index (χ0) is 20.3. The van der Waals surface area contributed by atoms with Crippen LogP contribution in [0.5, 0.6) is 5.88 Å². The quantitative estimate of drug-likeness (QED) is 0.614. The number of aromatic nitrogens is 2. The number of fused-ring (bicyclic) bond motifs is 1. The van der Waals surface area contributed by atoms with Gasteiger partial charge in [-0.15, -0.1) is 17.9 Å². The minimum absolute atomic E-state index is 0.124. The first-order valence-electron chi connectivity index (χ1n) is 8.55. The van der Waals surface area contributed by atoms with Crippen LogP contribution < -0.4 is 9.64 Å². The van der Waals surface area contributed by atoms with Crippen molar-refractivity contribution in [2.45, 2.75) is 31.9 Å². The molecule has 2 aromatic rings. The maximum absolute atomic E-state index is 13.0. The number of hydrogen-bond acceptors (Lipinski definition) is 5. The fourth-order valence-electron chi connectivity index (χ4n) is 2.79. The number of aryl methyl sites for hydroxylation is 2. The van der Waals surface area contributed by atoms with Gasteiger partial charge in [-0.1, -0.05) is 17.7 Å². The highest BCUT2D eigenvalue weighted by Gasteiger charge is 2.29. The highest BCUT2D eigenvalue weighted by atomic mass is 35.5. The van der Waals surface area contributed by atoms with Crippen LogP contribution in [-0.4, -0.2) is 35.2 Å². The van der Waals surface area contributed by atoms with E-state index in [2.05, 4.69) is 21.3 Å². The molecule has 0 saturated heterocycles. The molecule has 1 amide bonds. The molecule has 10 heteroatoms. The molecule has 1 aliphatic rings. The molecule has 0 unspecified atom stereocenters. The Morgan fingerprint density at radius 3 is 2.79 bits per heavy atom. The topological polar surface area (TPSA) is 55.3 Å². The lowest BCUT2D eigenvalue weighted by molar-refractivity contribution is -0.154. The zero-order valence-electron chi connectivity index (χ0n) is 14.8. The minimum atomic E-state index is -4.51. The van der Waals surface area contributed by atoms with Crippen molar-refractivity contribution in [3.05, 3.63) is 46.1 Å². The summed E-state index contributed by atoms with van der Waals surface area (Å²) in [7, 11) is 0. The molecule has 0 atom stereocenters. The molecule has 0 aromatic carbocycles. The molecule has 2 aromatic heterocycles. The van der Waals surface area contributed by atoms with Crippen molar-refractivity contribution in [3.8, 4) is 5.88 Å². The predicted molar refractivity (Wildman–Crippen MR) is 101 cm³/mol. The van der Waals surface area contributed by atoms with Crippen LogP contribution >= 0.6 is 22.9 Å². The minimum Gasteiger partial charge on any atom is -0.467 e. The fraction of sp³-hybridized carbons (Fsp3) is 0.389. The maximum Gasteiger partial charge on any atom is 0.422 e. The lowest BCUT2D eigenvalue weighted by Gasteiger charge is -2.18. The number of carbonyl (C=O) groups excluding carboxylic acids is 1. The Kier molecular flexibility index (Phi) is 6.24. The summed E-state index contributed by atoms with van der Waals surface area (Å²) in [5, 5.41) is 0.386. The Bertz CT molecular complexity index is 862. The summed E-state index contributed by atoms with van der Waals surface area (Å²) in [6.45, 7) is 2.40.